The van der Waals surface area contributed by atoms with E-state index in [9.17, 15) is 14.0 Å². The number of thioether (sulfide) groups is 1. The van der Waals surface area contributed by atoms with Crippen LogP contribution in [0.5, 0.6) is 0 Å². The monoisotopic (exact) mass is 433 g/mol. The Labute approximate surface area is 182 Å². The number of aromatic nitrogens is 2. The highest BCUT2D eigenvalue weighted by molar-refractivity contribution is 7.98. The van der Waals surface area contributed by atoms with Gasteiger partial charge in [-0.3, -0.25) is 9.59 Å². The number of fused-ring (bicyclic) bond motifs is 1. The Morgan fingerprint density at radius 2 is 1.77 bits per heavy atom. The van der Waals surface area contributed by atoms with Crippen LogP contribution in [0.3, 0.4) is 0 Å². The third-order valence-corrected chi connectivity index (χ3v) is 6.01. The Balaban J connectivity index is 1.44. The number of rotatable bonds is 5. The molecule has 0 fully saturated rings. The number of aromatic amines is 1. The second kappa shape index (κ2) is 8.73. The number of halogens is 1. The number of carbonyl (C=O) groups is 1. The minimum atomic E-state index is -0.564. The summed E-state index contributed by atoms with van der Waals surface area (Å²) in [6.07, 6.45) is 0. The van der Waals surface area contributed by atoms with Crippen LogP contribution >= 0.6 is 11.8 Å². The molecule has 0 saturated heterocycles. The van der Waals surface area contributed by atoms with Crippen molar-refractivity contribution in [1.29, 1.82) is 0 Å². The highest BCUT2D eigenvalue weighted by Crippen LogP contribution is 2.24. The number of benzene rings is 3. The number of hydrogen-bond donors (Lipinski definition) is 2. The van der Waals surface area contributed by atoms with Gasteiger partial charge in [0.2, 0.25) is 0 Å². The molecule has 5 nitrogen and oxygen atoms in total. The summed E-state index contributed by atoms with van der Waals surface area (Å²) in [5, 5.41) is 2.68. The number of anilines is 1. The lowest BCUT2D eigenvalue weighted by molar-refractivity contribution is 0.102. The lowest BCUT2D eigenvalue weighted by Gasteiger charge is -2.08. The van der Waals surface area contributed by atoms with Crippen LogP contribution in [0.4, 0.5) is 10.1 Å². The molecule has 0 bridgehead atoms. The van der Waals surface area contributed by atoms with Gasteiger partial charge in [0.15, 0.2) is 0 Å². The molecule has 0 aliphatic rings. The van der Waals surface area contributed by atoms with E-state index in [-0.39, 0.29) is 11.1 Å². The molecule has 156 valence electrons. The van der Waals surface area contributed by atoms with Gasteiger partial charge in [-0.25, -0.2) is 9.37 Å². The Bertz CT molecular complexity index is 1330. The van der Waals surface area contributed by atoms with Crippen molar-refractivity contribution in [2.24, 2.45) is 0 Å². The van der Waals surface area contributed by atoms with Gasteiger partial charge in [0, 0.05) is 16.3 Å². The van der Waals surface area contributed by atoms with Crippen molar-refractivity contribution in [2.45, 2.75) is 24.5 Å². The van der Waals surface area contributed by atoms with Crippen LogP contribution in [0.25, 0.3) is 11.0 Å². The summed E-state index contributed by atoms with van der Waals surface area (Å²) in [5.74, 6) is -0.652. The van der Waals surface area contributed by atoms with E-state index in [2.05, 4.69) is 15.3 Å². The standard InChI is InChI=1S/C24H20FN3O2S/c1-14-11-20-21(12-15(14)2)28-24(30)22(27-20)13-31-17-9-7-16(8-10-17)26-23(29)18-5-3-4-6-19(18)25/h3-12H,13H2,1-2H3,(H,26,29)(H,28,30). The molecule has 1 heterocycles. The number of H-pyrrole nitrogens is 1. The summed E-state index contributed by atoms with van der Waals surface area (Å²) in [4.78, 5) is 33.0. The van der Waals surface area contributed by atoms with E-state index in [4.69, 9.17) is 0 Å². The Hall–Kier alpha value is -3.45. The molecule has 1 amide bonds. The molecule has 0 aliphatic heterocycles. The summed E-state index contributed by atoms with van der Waals surface area (Å²) >= 11 is 1.47. The van der Waals surface area contributed by atoms with Gasteiger partial charge >= 0.3 is 0 Å². The molecular formula is C24H20FN3O2S. The van der Waals surface area contributed by atoms with E-state index in [1.165, 1.54) is 30.0 Å². The third kappa shape index (κ3) is 4.67. The molecule has 3 aromatic carbocycles. The van der Waals surface area contributed by atoms with E-state index in [1.54, 1.807) is 18.2 Å². The Morgan fingerprint density at radius 3 is 2.52 bits per heavy atom. The van der Waals surface area contributed by atoms with Gasteiger partial charge < -0.3 is 10.3 Å². The maximum Gasteiger partial charge on any atom is 0.271 e. The van der Waals surface area contributed by atoms with Crippen molar-refractivity contribution in [3.8, 4) is 0 Å². The van der Waals surface area contributed by atoms with E-state index in [1.807, 2.05) is 38.1 Å². The summed E-state index contributed by atoms with van der Waals surface area (Å²) in [7, 11) is 0. The van der Waals surface area contributed by atoms with Gasteiger partial charge in [0.25, 0.3) is 11.5 Å². The van der Waals surface area contributed by atoms with Gasteiger partial charge in [-0.05, 0) is 73.5 Å². The second-order valence-corrected chi connectivity index (χ2v) is 8.26. The fourth-order valence-corrected chi connectivity index (χ4v) is 3.94. The molecule has 4 rings (SSSR count). The molecule has 31 heavy (non-hydrogen) atoms. The molecular weight excluding hydrogens is 413 g/mol. The molecule has 0 unspecified atom stereocenters. The molecule has 0 saturated carbocycles. The highest BCUT2D eigenvalue weighted by Gasteiger charge is 2.11. The molecule has 1 aromatic heterocycles. The van der Waals surface area contributed by atoms with Gasteiger partial charge in [-0.15, -0.1) is 11.8 Å². The number of amides is 1. The fourth-order valence-electron chi connectivity index (χ4n) is 3.11. The Morgan fingerprint density at radius 1 is 1.06 bits per heavy atom. The van der Waals surface area contributed by atoms with Crippen molar-refractivity contribution in [3.05, 3.63) is 99.2 Å². The van der Waals surface area contributed by atoms with Crippen molar-refractivity contribution in [1.82, 2.24) is 9.97 Å². The highest BCUT2D eigenvalue weighted by atomic mass is 32.2. The van der Waals surface area contributed by atoms with E-state index >= 15 is 0 Å². The van der Waals surface area contributed by atoms with Crippen LogP contribution in [0.15, 0.2) is 70.4 Å². The van der Waals surface area contributed by atoms with E-state index < -0.39 is 11.7 Å². The van der Waals surface area contributed by atoms with Crippen LogP contribution in [-0.2, 0) is 5.75 Å². The van der Waals surface area contributed by atoms with E-state index in [0.717, 1.165) is 27.1 Å². The fraction of sp³-hybridized carbons (Fsp3) is 0.125. The average Bonchev–Trinajstić information content (AvgIpc) is 2.75. The van der Waals surface area contributed by atoms with Crippen molar-refractivity contribution >= 4 is 34.4 Å². The maximum atomic E-state index is 13.7. The smallest absolute Gasteiger partial charge is 0.271 e. The van der Waals surface area contributed by atoms with Crippen LogP contribution in [0.2, 0.25) is 0 Å². The lowest BCUT2D eigenvalue weighted by Crippen LogP contribution is -2.14. The quantitative estimate of drug-likeness (QED) is 0.423. The van der Waals surface area contributed by atoms with Crippen molar-refractivity contribution in [2.75, 3.05) is 5.32 Å². The number of hydrogen-bond acceptors (Lipinski definition) is 4. The molecule has 7 heteroatoms. The molecule has 2 N–H and O–H groups in total. The van der Waals surface area contributed by atoms with Gasteiger partial charge in [0.05, 0.1) is 16.6 Å². The zero-order valence-corrected chi connectivity index (χ0v) is 17.8. The first-order valence-corrected chi connectivity index (χ1v) is 10.7. The SMILES string of the molecule is Cc1cc2nc(CSc3ccc(NC(=O)c4ccccc4F)cc3)c(=O)[nH]c2cc1C. The van der Waals surface area contributed by atoms with Gasteiger partial charge in [0.1, 0.15) is 11.5 Å². The minimum Gasteiger partial charge on any atom is -0.322 e. The zero-order valence-electron chi connectivity index (χ0n) is 17.0. The van der Waals surface area contributed by atoms with Crippen LogP contribution in [-0.4, -0.2) is 15.9 Å². The Kier molecular flexibility index (Phi) is 5.86. The van der Waals surface area contributed by atoms with Crippen molar-refractivity contribution in [3.63, 3.8) is 0 Å². The molecule has 0 radical (unpaired) electrons. The zero-order chi connectivity index (χ0) is 22.0. The average molecular weight is 434 g/mol. The van der Waals surface area contributed by atoms with Crippen LogP contribution in [0, 0.1) is 19.7 Å². The lowest BCUT2D eigenvalue weighted by atomic mass is 10.1. The molecule has 0 atom stereocenters. The molecule has 4 aromatic rings. The predicted molar refractivity (Wildman–Crippen MR) is 122 cm³/mol. The largest absolute Gasteiger partial charge is 0.322 e. The summed E-state index contributed by atoms with van der Waals surface area (Å²) < 4.78 is 13.7. The first kappa shape index (κ1) is 20.8. The summed E-state index contributed by atoms with van der Waals surface area (Å²) in [6.45, 7) is 4.02. The van der Waals surface area contributed by atoms with Gasteiger partial charge in [-0.2, -0.15) is 0 Å². The second-order valence-electron chi connectivity index (χ2n) is 7.21. The number of nitrogens with one attached hydrogen (secondary N) is 2. The van der Waals surface area contributed by atoms with Crippen molar-refractivity contribution < 1.29 is 9.18 Å². The number of aryl methyl sites for hydroxylation is 2. The number of nitrogens with zero attached hydrogens (tertiary/aromatic N) is 1. The summed E-state index contributed by atoms with van der Waals surface area (Å²) in [5.41, 5.74) is 4.54. The first-order chi connectivity index (χ1) is 14.9. The van der Waals surface area contributed by atoms with Crippen LogP contribution < -0.4 is 10.9 Å². The maximum absolute atomic E-state index is 13.7. The number of carbonyl (C=O) groups excluding carboxylic acids is 1. The normalized spacial score (nSPS) is 10.9. The molecule has 0 aliphatic carbocycles. The van der Waals surface area contributed by atoms with E-state index in [0.29, 0.717) is 17.1 Å². The summed E-state index contributed by atoms with van der Waals surface area (Å²) in [6, 6.07) is 16.9. The molecule has 0 spiro atoms. The van der Waals surface area contributed by atoms with Crippen LogP contribution in [0.1, 0.15) is 27.2 Å². The topological polar surface area (TPSA) is 74.8 Å². The van der Waals surface area contributed by atoms with Gasteiger partial charge in [-0.1, -0.05) is 12.1 Å². The third-order valence-electron chi connectivity index (χ3n) is 4.98. The predicted octanol–water partition coefficient (Wildman–Crippen LogP) is 5.22. The first-order valence-electron chi connectivity index (χ1n) is 9.69. The minimum absolute atomic E-state index is 0.00649.